The van der Waals surface area contributed by atoms with Gasteiger partial charge in [0.25, 0.3) is 0 Å². The molecule has 0 aliphatic carbocycles. The lowest BCUT2D eigenvalue weighted by atomic mass is 9.92. The molecule has 3 saturated heterocycles. The van der Waals surface area contributed by atoms with Gasteiger partial charge in [-0.2, -0.15) is 0 Å². The second-order valence-electron chi connectivity index (χ2n) is 23.4. The van der Waals surface area contributed by atoms with Crippen LogP contribution in [0.15, 0.2) is 0 Å². The number of aliphatic hydroxyl groups excluding tert-OH is 9. The summed E-state index contributed by atoms with van der Waals surface area (Å²) in [6.45, 7) is -10.8. The Morgan fingerprint density at radius 1 is 0.304 bits per heavy atom. The third-order valence-electron chi connectivity index (χ3n) is 15.2. The highest BCUT2D eigenvalue weighted by atomic mass is 32.5. The summed E-state index contributed by atoms with van der Waals surface area (Å²) < 4.78 is 133. The van der Waals surface area contributed by atoms with Gasteiger partial charge in [-0.05, 0) is 25.7 Å². The van der Waals surface area contributed by atoms with Crippen LogP contribution in [0.25, 0.3) is 0 Å². The van der Waals surface area contributed by atoms with Crippen LogP contribution in [0.1, 0.15) is 46.5 Å². The fourth-order valence-electron chi connectivity index (χ4n) is 9.41. The maximum atomic E-state index is 12.9. The predicted octanol–water partition coefficient (Wildman–Crippen LogP) is -3.92. The summed E-state index contributed by atoms with van der Waals surface area (Å²) in [5.41, 5.74) is -1.04. The van der Waals surface area contributed by atoms with Crippen LogP contribution in [-0.2, 0) is 159 Å². The van der Waals surface area contributed by atoms with E-state index in [0.29, 0.717) is 0 Å². The van der Waals surface area contributed by atoms with Crippen molar-refractivity contribution in [3.05, 3.63) is 0 Å². The van der Waals surface area contributed by atoms with Crippen LogP contribution in [0.2, 0.25) is 0 Å². The van der Waals surface area contributed by atoms with Gasteiger partial charge in [0, 0.05) is 51.3 Å². The molecule has 3 aliphatic rings. The molecule has 0 amide bonds. The Bertz CT molecular complexity index is 2100. The number of hydrogen-bond donors (Lipinski definition) is 9. The SMILES string of the molecule is COP([O-])(=S)OCCCOCC(COCCCOP([O-])(=S)OCCOCCOCCO[C@@H]1OC(CO)[C@H](O)[C@H](O)C1C)(COCCCOP([O-])(=S)OCCOCCOCCO[C@@H]1OC(CO)[C@H](O)[C@H](O)C1C)COCCCOP([O-])(=S)OCCOCCOCCO[C@@H]1OC(CO)[C@H](O)[C@H](O)C1C. The second-order valence-corrected chi connectivity index (χ2v) is 34.5. The van der Waals surface area contributed by atoms with Crippen LogP contribution in [-0.4, -0.2) is 345 Å². The zero-order chi connectivity index (χ0) is 75.3. The van der Waals surface area contributed by atoms with Crippen molar-refractivity contribution >= 4 is 74.1 Å². The van der Waals surface area contributed by atoms with E-state index < -0.39 is 144 Å². The molecule has 0 aromatic heterocycles. The van der Waals surface area contributed by atoms with Gasteiger partial charge < -0.3 is 178 Å². The molecule has 0 spiro atoms. The maximum absolute atomic E-state index is 12.9. The van der Waals surface area contributed by atoms with E-state index >= 15 is 0 Å². The van der Waals surface area contributed by atoms with Crippen molar-refractivity contribution in [2.45, 2.75) is 120 Å². The maximum Gasteiger partial charge on any atom is 0.163 e. The minimum atomic E-state index is -3.94. The van der Waals surface area contributed by atoms with Crippen molar-refractivity contribution in [2.24, 2.45) is 23.2 Å². The van der Waals surface area contributed by atoms with Gasteiger partial charge >= 0.3 is 0 Å². The molecule has 0 aromatic carbocycles. The summed E-state index contributed by atoms with van der Waals surface area (Å²) in [5, 5.41) is 89.0. The van der Waals surface area contributed by atoms with Gasteiger partial charge in [0.05, 0.1) is 215 Å². The fourth-order valence-corrected chi connectivity index (χ4v) is 13.6. The lowest BCUT2D eigenvalue weighted by Gasteiger charge is -2.40. The normalized spacial score (nSPS) is 28.7. The standard InChI is InChI=1S/C57H114O37P4S4/c1-42-48(61)51(64)45(35-58)92-54(42)82-29-23-72-17-20-75-26-32-89-96(68,100)86-14-6-10-79-39-57(38-78-9-5-13-85-95(67,99)71-4,40-80-11-7-15-87-97(69,101)90-33-27-76-21-18-73-24-30-83-55-43(2)49(62)52(65)46(36-59)93-55)41-81-12-8-16-88-98(70,102)91-34-28-77-22-19-74-25-31-84-56-44(3)50(63)53(66)47(37-60)94-56/h42-56,58-66H,5-41H2,1-4H3,(H,67,99)(H,68,100)(H,69,101)(H,70,102)/p-4/t42?,43?,44?,45?,46?,47?,48-,49-,50-,51+,52+,53+,54-,55-,56-,57?,95?,96?,97?,98?/m1/s1. The van der Waals surface area contributed by atoms with Gasteiger partial charge in [-0.3, -0.25) is 0 Å². The van der Waals surface area contributed by atoms with Gasteiger partial charge in [0.2, 0.25) is 0 Å². The quantitative estimate of drug-likeness (QED) is 0.0207. The van der Waals surface area contributed by atoms with Gasteiger partial charge in [0.1, 0.15) is 63.5 Å². The first kappa shape index (κ1) is 97.3. The first-order valence-electron chi connectivity index (χ1n) is 33.5. The minimum absolute atomic E-state index is 0.0194. The van der Waals surface area contributed by atoms with E-state index in [-0.39, 0.29) is 224 Å². The Morgan fingerprint density at radius 2 is 0.520 bits per heavy atom. The van der Waals surface area contributed by atoms with E-state index in [1.807, 2.05) is 0 Å². The van der Waals surface area contributed by atoms with E-state index in [2.05, 4.69) is 0 Å². The lowest BCUT2D eigenvalue weighted by Crippen LogP contribution is -2.55. The van der Waals surface area contributed by atoms with Crippen LogP contribution >= 0.6 is 26.9 Å². The molecule has 37 nitrogen and oxygen atoms in total. The number of ether oxygens (including phenoxy) is 16. The summed E-state index contributed by atoms with van der Waals surface area (Å²) in [6, 6.07) is 0. The topological polar surface area (TPSA) is 496 Å². The Hall–Kier alpha value is 1.12. The van der Waals surface area contributed by atoms with Gasteiger partial charge in [0.15, 0.2) is 18.9 Å². The Kier molecular flexibility index (Phi) is 53.0. The molecule has 0 aromatic rings. The zero-order valence-electron chi connectivity index (χ0n) is 58.2. The molecular formula is C57H110O37P4S4-4. The Labute approximate surface area is 617 Å². The van der Waals surface area contributed by atoms with Crippen LogP contribution in [0.3, 0.4) is 0 Å². The molecule has 0 bridgehead atoms. The molecule has 608 valence electrons. The van der Waals surface area contributed by atoms with Crippen LogP contribution in [0.4, 0.5) is 0 Å². The van der Waals surface area contributed by atoms with E-state index in [4.69, 9.17) is 159 Å². The third-order valence-corrected chi connectivity index (χ3v) is 21.8. The van der Waals surface area contributed by atoms with Gasteiger partial charge in [-0.1, -0.05) is 68.0 Å². The van der Waals surface area contributed by atoms with Crippen molar-refractivity contribution in [1.29, 1.82) is 0 Å². The molecule has 3 heterocycles. The van der Waals surface area contributed by atoms with Gasteiger partial charge in [-0.25, -0.2) is 0 Å². The van der Waals surface area contributed by atoms with E-state index in [1.165, 1.54) is 7.11 Å². The predicted molar refractivity (Wildman–Crippen MR) is 364 cm³/mol. The van der Waals surface area contributed by atoms with E-state index in [1.54, 1.807) is 20.8 Å². The third kappa shape index (κ3) is 41.6. The molecule has 3 fully saturated rings. The summed E-state index contributed by atoms with van der Waals surface area (Å²) in [6.07, 6.45) is -11.7. The molecule has 0 radical (unpaired) electrons. The van der Waals surface area contributed by atoms with Crippen molar-refractivity contribution in [3.8, 4) is 0 Å². The molecular weight excluding hydrogens is 1530 g/mol. The molecule has 10 unspecified atom stereocenters. The lowest BCUT2D eigenvalue weighted by molar-refractivity contribution is -0.284. The Morgan fingerprint density at radius 3 is 0.755 bits per heavy atom. The van der Waals surface area contributed by atoms with Gasteiger partial charge in [-0.15, -0.1) is 0 Å². The first-order valence-corrected chi connectivity index (χ1v) is 43.7. The minimum Gasteiger partial charge on any atom is -0.780 e. The molecule has 19 atom stereocenters. The highest BCUT2D eigenvalue weighted by molar-refractivity contribution is 8.07. The second kappa shape index (κ2) is 55.5. The molecule has 0 saturated carbocycles. The number of aliphatic hydroxyl groups is 9. The molecule has 3 aliphatic heterocycles. The number of rotatable bonds is 65. The monoisotopic (exact) mass is 1640 g/mol. The first-order chi connectivity index (χ1) is 48.7. The van der Waals surface area contributed by atoms with Crippen molar-refractivity contribution in [3.63, 3.8) is 0 Å². The average molecular weight is 1640 g/mol. The summed E-state index contributed by atoms with van der Waals surface area (Å²) in [5.74, 6) is -1.63. The van der Waals surface area contributed by atoms with Crippen molar-refractivity contribution in [1.82, 2.24) is 0 Å². The van der Waals surface area contributed by atoms with Crippen LogP contribution in [0.5, 0.6) is 0 Å². The summed E-state index contributed by atoms with van der Waals surface area (Å²) >= 11 is 20.0. The molecule has 9 N–H and O–H groups in total. The van der Waals surface area contributed by atoms with Crippen molar-refractivity contribution < 1.29 is 178 Å². The summed E-state index contributed by atoms with van der Waals surface area (Å²) in [4.78, 5) is 50.9. The highest BCUT2D eigenvalue weighted by Crippen LogP contribution is 2.41. The van der Waals surface area contributed by atoms with E-state index in [0.717, 1.165) is 0 Å². The smallest absolute Gasteiger partial charge is 0.163 e. The molecule has 45 heteroatoms. The largest absolute Gasteiger partial charge is 0.780 e. The zero-order valence-corrected chi connectivity index (χ0v) is 65.0. The van der Waals surface area contributed by atoms with Crippen LogP contribution < -0.4 is 19.6 Å². The van der Waals surface area contributed by atoms with Crippen LogP contribution in [0, 0.1) is 23.2 Å². The van der Waals surface area contributed by atoms with E-state index in [9.17, 15) is 65.5 Å². The highest BCUT2D eigenvalue weighted by Gasteiger charge is 2.45. The Balaban J connectivity index is 1.45. The molecule has 102 heavy (non-hydrogen) atoms. The average Bonchev–Trinajstić information content (AvgIpc) is 0.821. The fraction of sp³-hybridized carbons (Fsp3) is 1.00. The summed E-state index contributed by atoms with van der Waals surface area (Å²) in [7, 11) is 1.17. The van der Waals surface area contributed by atoms with Crippen molar-refractivity contribution in [2.75, 3.05) is 225 Å². The molecule has 3 rings (SSSR count). The number of hydrogen-bond acceptors (Lipinski definition) is 41.